The number of nitriles is 2. The Labute approximate surface area is 351 Å². The van der Waals surface area contributed by atoms with Gasteiger partial charge in [0.05, 0.1) is 69.3 Å². The first-order chi connectivity index (χ1) is 30.1. The van der Waals surface area contributed by atoms with Crippen molar-refractivity contribution < 1.29 is 0 Å². The summed E-state index contributed by atoms with van der Waals surface area (Å²) in [6, 6.07) is 63.3. The van der Waals surface area contributed by atoms with Gasteiger partial charge in [-0.05, 0) is 60.0 Å². The summed E-state index contributed by atoms with van der Waals surface area (Å²) in [5.41, 5.74) is 11.0. The van der Waals surface area contributed by atoms with Crippen LogP contribution in [0.25, 0.3) is 100 Å². The van der Waals surface area contributed by atoms with Crippen LogP contribution in [0, 0.1) is 29.2 Å². The van der Waals surface area contributed by atoms with E-state index in [0.717, 1.165) is 44.1 Å². The highest BCUT2D eigenvalue weighted by molar-refractivity contribution is 6.12. The molecule has 0 aliphatic heterocycles. The number of hydrogen-bond donors (Lipinski definition) is 0. The summed E-state index contributed by atoms with van der Waals surface area (Å²) < 4.78 is 2.12. The summed E-state index contributed by atoms with van der Waals surface area (Å²) in [7, 11) is 0. The molecule has 3 aromatic heterocycles. The van der Waals surface area contributed by atoms with Gasteiger partial charge in [0.1, 0.15) is 0 Å². The van der Waals surface area contributed by atoms with Crippen LogP contribution in [0.2, 0.25) is 0 Å². The van der Waals surface area contributed by atoms with Crippen LogP contribution in [0.5, 0.6) is 0 Å². The van der Waals surface area contributed by atoms with E-state index in [1.54, 1.807) is 12.1 Å². The zero-order chi connectivity index (χ0) is 41.3. The van der Waals surface area contributed by atoms with Crippen molar-refractivity contribution in [2.75, 3.05) is 0 Å². The van der Waals surface area contributed by atoms with Crippen LogP contribution in [0.1, 0.15) is 11.1 Å². The SMILES string of the molecule is [C-]#[N+]c1ccc2c(c1)c1cc(C#N)ccc1n2-c1c(-c2cc(-c3ccccc3)nc(-c3ccccc3)n2)cc(C#N)cc1-c1nc(-c2ccccc2)cc(-c2ccccc2)n1. The lowest BCUT2D eigenvalue weighted by Gasteiger charge is -2.20. The van der Waals surface area contributed by atoms with Gasteiger partial charge in [-0.25, -0.2) is 24.8 Å². The normalized spacial score (nSPS) is 10.9. The average Bonchev–Trinajstić information content (AvgIpc) is 3.66. The van der Waals surface area contributed by atoms with E-state index in [0.29, 0.717) is 68.1 Å². The third kappa shape index (κ3) is 6.71. The maximum atomic E-state index is 10.8. The van der Waals surface area contributed by atoms with E-state index in [4.69, 9.17) is 26.5 Å². The molecule has 8 heteroatoms. The molecule has 10 rings (SSSR count). The molecule has 0 aliphatic rings. The summed E-state index contributed by atoms with van der Waals surface area (Å²) in [5, 5.41) is 22.4. The molecule has 0 fully saturated rings. The van der Waals surface area contributed by atoms with Crippen molar-refractivity contribution in [1.82, 2.24) is 24.5 Å². The predicted octanol–water partition coefficient (Wildman–Crippen LogP) is 12.7. The first kappa shape index (κ1) is 36.3. The van der Waals surface area contributed by atoms with Gasteiger partial charge in [0.25, 0.3) is 0 Å². The lowest BCUT2D eigenvalue weighted by Crippen LogP contribution is -2.06. The minimum Gasteiger partial charge on any atom is -0.308 e. The van der Waals surface area contributed by atoms with E-state index in [1.807, 2.05) is 170 Å². The number of hydrogen-bond acceptors (Lipinski definition) is 6. The number of nitrogens with zero attached hydrogens (tertiary/aromatic N) is 8. The van der Waals surface area contributed by atoms with Crippen molar-refractivity contribution in [2.24, 2.45) is 0 Å². The maximum absolute atomic E-state index is 10.8. The summed E-state index contributed by atoms with van der Waals surface area (Å²) in [6.07, 6.45) is 0. The molecular weight excluding hydrogens is 749 g/mol. The highest BCUT2D eigenvalue weighted by Crippen LogP contribution is 2.43. The van der Waals surface area contributed by atoms with Crippen molar-refractivity contribution >= 4 is 27.5 Å². The molecule has 61 heavy (non-hydrogen) atoms. The minimum atomic E-state index is 0.382. The second kappa shape index (κ2) is 15.4. The van der Waals surface area contributed by atoms with Crippen LogP contribution in [0.15, 0.2) is 182 Å². The Morgan fingerprint density at radius 2 is 0.885 bits per heavy atom. The molecule has 0 saturated carbocycles. The van der Waals surface area contributed by atoms with E-state index in [-0.39, 0.29) is 0 Å². The largest absolute Gasteiger partial charge is 0.308 e. The zero-order valence-electron chi connectivity index (χ0n) is 32.4. The smallest absolute Gasteiger partial charge is 0.188 e. The van der Waals surface area contributed by atoms with Crippen molar-refractivity contribution in [3.63, 3.8) is 0 Å². The third-order valence-corrected chi connectivity index (χ3v) is 10.7. The number of rotatable bonds is 7. The lowest BCUT2D eigenvalue weighted by atomic mass is 9.97. The number of benzene rings is 7. The molecule has 0 saturated heterocycles. The first-order valence-electron chi connectivity index (χ1n) is 19.5. The fourth-order valence-corrected chi connectivity index (χ4v) is 7.84. The van der Waals surface area contributed by atoms with Crippen molar-refractivity contribution in [1.29, 1.82) is 10.5 Å². The van der Waals surface area contributed by atoms with Gasteiger partial charge in [-0.15, -0.1) is 0 Å². The van der Waals surface area contributed by atoms with Crippen molar-refractivity contribution in [2.45, 2.75) is 0 Å². The zero-order valence-corrected chi connectivity index (χ0v) is 32.4. The van der Waals surface area contributed by atoms with Gasteiger partial charge in [-0.3, -0.25) is 0 Å². The van der Waals surface area contributed by atoms with E-state index >= 15 is 0 Å². The van der Waals surface area contributed by atoms with E-state index < -0.39 is 0 Å². The Morgan fingerprint density at radius 3 is 1.43 bits per heavy atom. The summed E-state index contributed by atoms with van der Waals surface area (Å²) >= 11 is 0. The highest BCUT2D eigenvalue weighted by Gasteiger charge is 2.25. The molecule has 10 aromatic rings. The summed E-state index contributed by atoms with van der Waals surface area (Å²) in [4.78, 5) is 24.7. The van der Waals surface area contributed by atoms with Crippen LogP contribution in [0.3, 0.4) is 0 Å². The fraction of sp³-hybridized carbons (Fsp3) is 0. The average molecular weight is 779 g/mol. The second-order valence-electron chi connectivity index (χ2n) is 14.4. The Balaban J connectivity index is 1.38. The Hall–Kier alpha value is -9.03. The monoisotopic (exact) mass is 778 g/mol. The third-order valence-electron chi connectivity index (χ3n) is 10.7. The standard InChI is InChI=1S/C53H30N8/c1-56-40-23-25-50-42(29-40)41-26-34(32-54)22-24-49(41)61(50)51-43(48-31-47(38-18-10-4-11-19-38)57-52(60-48)39-20-12-5-13-21-39)27-35(33-55)28-44(51)53-58-45(36-14-6-2-7-15-36)30-46(59-53)37-16-8-3-9-17-37/h2-31H. The van der Waals surface area contributed by atoms with Gasteiger partial charge < -0.3 is 4.57 Å². The first-order valence-corrected chi connectivity index (χ1v) is 19.5. The number of fused-ring (bicyclic) bond motifs is 3. The van der Waals surface area contributed by atoms with E-state index in [9.17, 15) is 10.5 Å². The Kier molecular flexibility index (Phi) is 9.16. The maximum Gasteiger partial charge on any atom is 0.188 e. The van der Waals surface area contributed by atoms with Gasteiger partial charge in [-0.2, -0.15) is 10.5 Å². The Bertz CT molecular complexity index is 3100. The highest BCUT2D eigenvalue weighted by atomic mass is 15.0. The number of aromatic nitrogens is 5. The molecule has 0 aliphatic carbocycles. The molecule has 7 aromatic carbocycles. The predicted molar refractivity (Wildman–Crippen MR) is 240 cm³/mol. The van der Waals surface area contributed by atoms with Gasteiger partial charge in [0, 0.05) is 38.8 Å². The van der Waals surface area contributed by atoms with Crippen LogP contribution >= 0.6 is 0 Å². The van der Waals surface area contributed by atoms with E-state index in [1.165, 1.54) is 0 Å². The molecule has 8 nitrogen and oxygen atoms in total. The lowest BCUT2D eigenvalue weighted by molar-refractivity contribution is 1.13. The summed E-state index contributed by atoms with van der Waals surface area (Å²) in [5.74, 6) is 0.915. The molecule has 0 unspecified atom stereocenters. The topological polar surface area (TPSA) is 108 Å². The molecule has 282 valence electrons. The van der Waals surface area contributed by atoms with Gasteiger partial charge >= 0.3 is 0 Å². The van der Waals surface area contributed by atoms with Gasteiger partial charge in [0.2, 0.25) is 0 Å². The molecule has 0 bridgehead atoms. The molecule has 0 atom stereocenters. The second-order valence-corrected chi connectivity index (χ2v) is 14.4. The van der Waals surface area contributed by atoms with Crippen LogP contribution < -0.4 is 0 Å². The van der Waals surface area contributed by atoms with Crippen LogP contribution in [-0.2, 0) is 0 Å². The quantitative estimate of drug-likeness (QED) is 0.149. The van der Waals surface area contributed by atoms with Crippen LogP contribution in [0.4, 0.5) is 5.69 Å². The molecule has 0 spiro atoms. The molecule has 0 N–H and O–H groups in total. The molecule has 0 amide bonds. The Morgan fingerprint density at radius 1 is 0.426 bits per heavy atom. The fourth-order valence-electron chi connectivity index (χ4n) is 7.84. The molecule has 0 radical (unpaired) electrons. The van der Waals surface area contributed by atoms with Crippen molar-refractivity contribution in [3.05, 3.63) is 205 Å². The van der Waals surface area contributed by atoms with Crippen LogP contribution in [-0.4, -0.2) is 24.5 Å². The molecular formula is C53H30N8. The summed E-state index contributed by atoms with van der Waals surface area (Å²) in [6.45, 7) is 7.88. The van der Waals surface area contributed by atoms with Crippen molar-refractivity contribution in [3.8, 4) is 85.6 Å². The van der Waals surface area contributed by atoms with Gasteiger partial charge in [0.15, 0.2) is 17.3 Å². The van der Waals surface area contributed by atoms with E-state index in [2.05, 4.69) is 21.6 Å². The molecule has 3 heterocycles. The minimum absolute atomic E-state index is 0.382. The van der Waals surface area contributed by atoms with Gasteiger partial charge in [-0.1, -0.05) is 127 Å².